The fraction of sp³-hybridized carbons (Fsp3) is 0.200. The maximum atomic E-state index is 11.3. The number of benzene rings is 1. The van der Waals surface area contributed by atoms with Crippen LogP contribution in [0.5, 0.6) is 5.75 Å². The number of rotatable bonds is 5. The van der Waals surface area contributed by atoms with Crippen molar-refractivity contribution in [3.05, 3.63) is 42.5 Å². The molecule has 0 aromatic heterocycles. The molecule has 82 valence electrons. The standard InChI is InChI=1S/C10H12O4S/c1-2-6-14-15(12,13)8-9-4-3-5-10(11)7-9/h2-5,7,11H,1,6,8H2. The molecule has 5 heteroatoms. The van der Waals surface area contributed by atoms with E-state index in [0.29, 0.717) is 5.56 Å². The predicted molar refractivity (Wildman–Crippen MR) is 56.9 cm³/mol. The van der Waals surface area contributed by atoms with Gasteiger partial charge in [0.05, 0.1) is 6.61 Å². The highest BCUT2D eigenvalue weighted by Gasteiger charge is 2.11. The van der Waals surface area contributed by atoms with Crippen molar-refractivity contribution >= 4 is 10.1 Å². The highest BCUT2D eigenvalue weighted by atomic mass is 32.2. The fourth-order valence-corrected chi connectivity index (χ4v) is 2.02. The monoisotopic (exact) mass is 228 g/mol. The molecule has 4 nitrogen and oxygen atoms in total. The lowest BCUT2D eigenvalue weighted by Gasteiger charge is -2.03. The van der Waals surface area contributed by atoms with Crippen molar-refractivity contribution in [2.45, 2.75) is 5.75 Å². The van der Waals surface area contributed by atoms with Crippen molar-refractivity contribution < 1.29 is 17.7 Å². The van der Waals surface area contributed by atoms with Crippen molar-refractivity contribution in [1.29, 1.82) is 0 Å². The summed E-state index contributed by atoms with van der Waals surface area (Å²) in [5.41, 5.74) is 0.485. The minimum absolute atomic E-state index is 0.0337. The Morgan fingerprint density at radius 3 is 2.80 bits per heavy atom. The highest BCUT2D eigenvalue weighted by Crippen LogP contribution is 2.14. The zero-order valence-electron chi connectivity index (χ0n) is 8.09. The van der Waals surface area contributed by atoms with E-state index >= 15 is 0 Å². The minimum Gasteiger partial charge on any atom is -0.508 e. The SMILES string of the molecule is C=CCOS(=O)(=O)Cc1cccc(O)c1. The lowest BCUT2D eigenvalue weighted by Crippen LogP contribution is -2.08. The molecule has 0 bridgehead atoms. The smallest absolute Gasteiger partial charge is 0.271 e. The van der Waals surface area contributed by atoms with Gasteiger partial charge in [-0.25, -0.2) is 0 Å². The first kappa shape index (κ1) is 11.7. The third-order valence-electron chi connectivity index (χ3n) is 1.62. The Kier molecular flexibility index (Phi) is 3.88. The van der Waals surface area contributed by atoms with E-state index in [2.05, 4.69) is 10.8 Å². The lowest BCUT2D eigenvalue weighted by atomic mass is 10.2. The van der Waals surface area contributed by atoms with E-state index in [9.17, 15) is 8.42 Å². The Bertz CT molecular complexity index is 436. The van der Waals surface area contributed by atoms with Crippen LogP contribution in [0, 0.1) is 0 Å². The average Bonchev–Trinajstić information content (AvgIpc) is 2.14. The van der Waals surface area contributed by atoms with E-state index < -0.39 is 10.1 Å². The molecule has 0 aliphatic carbocycles. The number of hydrogen-bond donors (Lipinski definition) is 1. The first-order valence-electron chi connectivity index (χ1n) is 4.29. The van der Waals surface area contributed by atoms with Gasteiger partial charge in [-0.3, -0.25) is 4.18 Å². The molecule has 0 atom stereocenters. The molecule has 0 fully saturated rings. The van der Waals surface area contributed by atoms with Gasteiger partial charge in [0.1, 0.15) is 11.5 Å². The third-order valence-corrected chi connectivity index (χ3v) is 2.80. The molecule has 1 aromatic carbocycles. The summed E-state index contributed by atoms with van der Waals surface area (Å²) in [6.45, 7) is 3.31. The topological polar surface area (TPSA) is 63.6 Å². The van der Waals surface area contributed by atoms with Gasteiger partial charge in [0.2, 0.25) is 0 Å². The molecule has 0 heterocycles. The van der Waals surface area contributed by atoms with Crippen LogP contribution in [0.4, 0.5) is 0 Å². The van der Waals surface area contributed by atoms with Crippen LogP contribution in [-0.4, -0.2) is 20.1 Å². The summed E-state index contributed by atoms with van der Waals surface area (Å²) in [5.74, 6) is -0.221. The molecule has 0 unspecified atom stereocenters. The molecule has 0 aliphatic heterocycles. The first-order valence-corrected chi connectivity index (χ1v) is 5.87. The van der Waals surface area contributed by atoms with Crippen molar-refractivity contribution in [2.24, 2.45) is 0 Å². The first-order chi connectivity index (χ1) is 7.03. The maximum Gasteiger partial charge on any atom is 0.271 e. The molecular formula is C10H12O4S. The summed E-state index contributed by atoms with van der Waals surface area (Å²) >= 11 is 0. The Morgan fingerprint density at radius 1 is 1.47 bits per heavy atom. The van der Waals surface area contributed by atoms with Crippen molar-refractivity contribution in [1.82, 2.24) is 0 Å². The Morgan fingerprint density at radius 2 is 2.20 bits per heavy atom. The second kappa shape index (κ2) is 4.95. The van der Waals surface area contributed by atoms with Gasteiger partial charge in [0.25, 0.3) is 10.1 Å². The number of aromatic hydroxyl groups is 1. The van der Waals surface area contributed by atoms with Crippen molar-refractivity contribution in [3.8, 4) is 5.75 Å². The van der Waals surface area contributed by atoms with E-state index in [1.165, 1.54) is 18.2 Å². The summed E-state index contributed by atoms with van der Waals surface area (Å²) in [6.07, 6.45) is 1.36. The van der Waals surface area contributed by atoms with Crippen LogP contribution in [0.3, 0.4) is 0 Å². The number of phenols is 1. The minimum atomic E-state index is -3.60. The normalized spacial score (nSPS) is 11.2. The van der Waals surface area contributed by atoms with Crippen LogP contribution >= 0.6 is 0 Å². The van der Waals surface area contributed by atoms with Gasteiger partial charge in [-0.05, 0) is 17.7 Å². The van der Waals surface area contributed by atoms with Gasteiger partial charge in [0, 0.05) is 0 Å². The molecular weight excluding hydrogens is 216 g/mol. The highest BCUT2D eigenvalue weighted by molar-refractivity contribution is 7.85. The quantitative estimate of drug-likeness (QED) is 0.611. The summed E-state index contributed by atoms with van der Waals surface area (Å²) < 4.78 is 27.2. The Balaban J connectivity index is 2.73. The molecule has 0 saturated carbocycles. The van der Waals surface area contributed by atoms with Crippen LogP contribution in [0.15, 0.2) is 36.9 Å². The van der Waals surface area contributed by atoms with Crippen molar-refractivity contribution in [2.75, 3.05) is 6.61 Å². The van der Waals surface area contributed by atoms with E-state index in [-0.39, 0.29) is 18.1 Å². The number of phenolic OH excluding ortho intramolecular Hbond substituents is 1. The van der Waals surface area contributed by atoms with Gasteiger partial charge in [-0.2, -0.15) is 8.42 Å². The molecule has 0 spiro atoms. The van der Waals surface area contributed by atoms with Gasteiger partial charge < -0.3 is 5.11 Å². The molecule has 0 radical (unpaired) electrons. The second-order valence-corrected chi connectivity index (χ2v) is 4.58. The van der Waals surface area contributed by atoms with E-state index in [4.69, 9.17) is 5.11 Å². The van der Waals surface area contributed by atoms with Crippen molar-refractivity contribution in [3.63, 3.8) is 0 Å². The molecule has 0 aliphatic rings. The molecule has 1 aromatic rings. The fourth-order valence-electron chi connectivity index (χ4n) is 1.04. The van der Waals surface area contributed by atoms with Gasteiger partial charge >= 0.3 is 0 Å². The summed E-state index contributed by atoms with van der Waals surface area (Å²) in [4.78, 5) is 0. The summed E-state index contributed by atoms with van der Waals surface area (Å²) in [5, 5.41) is 9.13. The van der Waals surface area contributed by atoms with E-state index in [0.717, 1.165) is 0 Å². The Hall–Kier alpha value is -1.33. The lowest BCUT2D eigenvalue weighted by molar-refractivity contribution is 0.356. The van der Waals surface area contributed by atoms with Crippen LogP contribution in [-0.2, 0) is 20.1 Å². The average molecular weight is 228 g/mol. The second-order valence-electron chi connectivity index (χ2n) is 2.95. The number of hydrogen-bond acceptors (Lipinski definition) is 4. The largest absolute Gasteiger partial charge is 0.508 e. The zero-order chi connectivity index (χ0) is 11.3. The summed E-state index contributed by atoms with van der Waals surface area (Å²) in [7, 11) is -3.60. The summed E-state index contributed by atoms with van der Waals surface area (Å²) in [6, 6.07) is 6.04. The third kappa shape index (κ3) is 4.14. The van der Waals surface area contributed by atoms with Crippen LogP contribution in [0.2, 0.25) is 0 Å². The van der Waals surface area contributed by atoms with E-state index in [1.54, 1.807) is 12.1 Å². The molecule has 1 rings (SSSR count). The maximum absolute atomic E-state index is 11.3. The van der Waals surface area contributed by atoms with E-state index in [1.807, 2.05) is 0 Å². The molecule has 15 heavy (non-hydrogen) atoms. The molecule has 0 saturated heterocycles. The van der Waals surface area contributed by atoms with Crippen LogP contribution in [0.1, 0.15) is 5.56 Å². The zero-order valence-corrected chi connectivity index (χ0v) is 8.90. The molecule has 0 amide bonds. The Labute approximate surface area is 88.9 Å². The van der Waals surface area contributed by atoms with Crippen LogP contribution in [0.25, 0.3) is 0 Å². The van der Waals surface area contributed by atoms with Gasteiger partial charge in [0.15, 0.2) is 0 Å². The van der Waals surface area contributed by atoms with Gasteiger partial charge in [-0.15, -0.1) is 6.58 Å². The molecule has 1 N–H and O–H groups in total. The van der Waals surface area contributed by atoms with Gasteiger partial charge in [-0.1, -0.05) is 18.2 Å². The van der Waals surface area contributed by atoms with Crippen LogP contribution < -0.4 is 0 Å². The predicted octanol–water partition coefficient (Wildman–Crippen LogP) is 1.42.